The summed E-state index contributed by atoms with van der Waals surface area (Å²) < 4.78 is 4.92. The number of fused-ring (bicyclic) bond motifs is 2. The summed E-state index contributed by atoms with van der Waals surface area (Å²) in [5, 5.41) is 6.92. The van der Waals surface area contributed by atoms with Crippen molar-refractivity contribution in [3.63, 3.8) is 0 Å². The lowest BCUT2D eigenvalue weighted by Gasteiger charge is -2.13. The van der Waals surface area contributed by atoms with Crippen LogP contribution in [0.15, 0.2) is 48.5 Å². The van der Waals surface area contributed by atoms with Gasteiger partial charge in [0.15, 0.2) is 0 Å². The maximum atomic E-state index is 13.2. The molecule has 164 valence electrons. The Morgan fingerprint density at radius 3 is 2.69 bits per heavy atom. The zero-order valence-electron chi connectivity index (χ0n) is 17.8. The van der Waals surface area contributed by atoms with Gasteiger partial charge in [0.1, 0.15) is 0 Å². The first-order valence-corrected chi connectivity index (χ1v) is 10.9. The van der Waals surface area contributed by atoms with Crippen molar-refractivity contribution in [1.29, 1.82) is 0 Å². The van der Waals surface area contributed by atoms with Gasteiger partial charge in [-0.3, -0.25) is 9.59 Å². The van der Waals surface area contributed by atoms with Crippen LogP contribution in [-0.2, 0) is 16.0 Å². The molecule has 2 aromatic carbocycles. The first-order valence-electron chi connectivity index (χ1n) is 10.5. The molecular weight excluding hydrogens is 426 g/mol. The van der Waals surface area contributed by atoms with Crippen molar-refractivity contribution in [2.45, 2.75) is 12.8 Å². The van der Waals surface area contributed by atoms with Crippen molar-refractivity contribution in [1.82, 2.24) is 15.6 Å². The smallest absolute Gasteiger partial charge is 0.252 e. The number of methoxy groups -OCH3 is 1. The topological polar surface area (TPSA) is 80.3 Å². The van der Waals surface area contributed by atoms with E-state index in [-0.39, 0.29) is 18.4 Å². The molecule has 0 saturated heterocycles. The molecule has 4 rings (SSSR count). The minimum atomic E-state index is -0.277. The largest absolute Gasteiger partial charge is 0.383 e. The van der Waals surface area contributed by atoms with Crippen LogP contribution in [0.4, 0.5) is 0 Å². The molecule has 1 heterocycles. The number of carbonyl (C=O) groups is 2. The van der Waals surface area contributed by atoms with Crippen molar-refractivity contribution < 1.29 is 14.3 Å². The van der Waals surface area contributed by atoms with E-state index in [2.05, 4.69) is 10.6 Å². The molecule has 0 unspecified atom stereocenters. The van der Waals surface area contributed by atoms with E-state index in [1.165, 1.54) is 0 Å². The van der Waals surface area contributed by atoms with Gasteiger partial charge >= 0.3 is 0 Å². The number of benzene rings is 2. The van der Waals surface area contributed by atoms with Gasteiger partial charge in [-0.15, -0.1) is 0 Å². The minimum absolute atomic E-state index is 0.101. The van der Waals surface area contributed by atoms with Crippen LogP contribution in [0.5, 0.6) is 0 Å². The summed E-state index contributed by atoms with van der Waals surface area (Å²) in [5.41, 5.74) is 5.01. The summed E-state index contributed by atoms with van der Waals surface area (Å²) >= 11 is 6.35. The number of aromatic nitrogens is 1. The van der Waals surface area contributed by atoms with Gasteiger partial charge in [-0.2, -0.15) is 0 Å². The first-order chi connectivity index (χ1) is 15.6. The van der Waals surface area contributed by atoms with E-state index < -0.39 is 0 Å². The molecule has 0 aliphatic heterocycles. The Balaban J connectivity index is 1.67. The molecule has 2 N–H and O–H groups in total. The van der Waals surface area contributed by atoms with Crippen molar-refractivity contribution in [2.75, 3.05) is 26.8 Å². The molecule has 2 amide bonds. The number of ether oxygens (including phenoxy) is 1. The number of nitrogens with zero attached hydrogens (tertiary/aromatic N) is 1. The first kappa shape index (κ1) is 22.0. The van der Waals surface area contributed by atoms with Crippen LogP contribution >= 0.6 is 11.6 Å². The Bertz CT molecular complexity index is 1210. The van der Waals surface area contributed by atoms with Crippen LogP contribution in [0, 0.1) is 0 Å². The predicted molar refractivity (Wildman–Crippen MR) is 127 cm³/mol. The third-order valence-corrected chi connectivity index (χ3v) is 5.79. The Morgan fingerprint density at radius 1 is 1.09 bits per heavy atom. The summed E-state index contributed by atoms with van der Waals surface area (Å²) in [6.07, 6.45) is 3.51. The number of pyridine rings is 1. The number of para-hydroxylation sites is 1. The van der Waals surface area contributed by atoms with Crippen LogP contribution in [0.3, 0.4) is 0 Å². The number of hydrogen-bond donors (Lipinski definition) is 2. The third-order valence-electron chi connectivity index (χ3n) is 5.44. The SMILES string of the molecule is COCCNC(=O)CNC(=O)c1c2c(nc3ccccc13)/C(=C\c1ccccc1Cl)CC2. The fraction of sp³-hybridized carbons (Fsp3) is 0.240. The van der Waals surface area contributed by atoms with E-state index in [0.29, 0.717) is 30.2 Å². The monoisotopic (exact) mass is 449 g/mol. The van der Waals surface area contributed by atoms with E-state index in [1.807, 2.05) is 54.6 Å². The number of halogens is 1. The van der Waals surface area contributed by atoms with Crippen molar-refractivity contribution in [3.8, 4) is 0 Å². The van der Waals surface area contributed by atoms with Crippen LogP contribution in [0.1, 0.15) is 33.6 Å². The van der Waals surface area contributed by atoms with Crippen molar-refractivity contribution in [2.24, 2.45) is 0 Å². The highest BCUT2D eigenvalue weighted by atomic mass is 35.5. The second kappa shape index (κ2) is 9.94. The molecule has 1 aliphatic rings. The summed E-state index contributed by atoms with van der Waals surface area (Å²) in [4.78, 5) is 30.1. The predicted octanol–water partition coefficient (Wildman–Crippen LogP) is 3.87. The van der Waals surface area contributed by atoms with E-state index in [1.54, 1.807) is 7.11 Å². The molecule has 0 radical (unpaired) electrons. The molecule has 32 heavy (non-hydrogen) atoms. The highest BCUT2D eigenvalue weighted by Crippen LogP contribution is 2.38. The summed E-state index contributed by atoms with van der Waals surface area (Å²) in [5.74, 6) is -0.537. The number of amides is 2. The fourth-order valence-corrected chi connectivity index (χ4v) is 4.11. The van der Waals surface area contributed by atoms with E-state index in [9.17, 15) is 9.59 Å². The fourth-order valence-electron chi connectivity index (χ4n) is 3.92. The van der Waals surface area contributed by atoms with Gasteiger partial charge in [0, 0.05) is 24.1 Å². The highest BCUT2D eigenvalue weighted by Gasteiger charge is 2.27. The quantitative estimate of drug-likeness (QED) is 0.536. The van der Waals surface area contributed by atoms with E-state index in [4.69, 9.17) is 21.3 Å². The lowest BCUT2D eigenvalue weighted by Crippen LogP contribution is -2.38. The summed E-state index contributed by atoms with van der Waals surface area (Å²) in [6, 6.07) is 15.2. The van der Waals surface area contributed by atoms with Gasteiger partial charge in [-0.05, 0) is 47.8 Å². The lowest BCUT2D eigenvalue weighted by atomic mass is 10.00. The Labute approximate surface area is 191 Å². The maximum absolute atomic E-state index is 13.2. The minimum Gasteiger partial charge on any atom is -0.383 e. The third kappa shape index (κ3) is 4.66. The standard InChI is InChI=1S/C25H24ClN3O3/c1-32-13-12-27-22(30)15-28-25(31)23-18-7-3-5-9-21(18)29-24-17(10-11-19(23)24)14-16-6-2-4-8-20(16)26/h2-9,14H,10-13,15H2,1H3,(H,27,30)(H,28,31)/b17-14-. The molecular formula is C25H24ClN3O3. The van der Waals surface area contributed by atoms with Gasteiger partial charge in [0.25, 0.3) is 5.91 Å². The van der Waals surface area contributed by atoms with Crippen LogP contribution in [0.2, 0.25) is 5.02 Å². The molecule has 0 fully saturated rings. The molecule has 0 spiro atoms. The maximum Gasteiger partial charge on any atom is 0.252 e. The van der Waals surface area contributed by atoms with Crippen molar-refractivity contribution >= 4 is 46.0 Å². The number of rotatable bonds is 7. The Hall–Kier alpha value is -3.22. The normalized spacial score (nSPS) is 13.9. The van der Waals surface area contributed by atoms with E-state index in [0.717, 1.165) is 39.7 Å². The number of hydrogen-bond acceptors (Lipinski definition) is 4. The summed E-state index contributed by atoms with van der Waals surface area (Å²) in [7, 11) is 1.57. The van der Waals surface area contributed by atoms with Gasteiger partial charge in [0.2, 0.25) is 5.91 Å². The summed E-state index contributed by atoms with van der Waals surface area (Å²) in [6.45, 7) is 0.716. The average molecular weight is 450 g/mol. The van der Waals surface area contributed by atoms with E-state index >= 15 is 0 Å². The van der Waals surface area contributed by atoms with Crippen LogP contribution in [-0.4, -0.2) is 43.6 Å². The highest BCUT2D eigenvalue weighted by molar-refractivity contribution is 6.32. The van der Waals surface area contributed by atoms with Gasteiger partial charge in [-0.25, -0.2) is 4.98 Å². The number of allylic oxidation sites excluding steroid dienone is 1. The lowest BCUT2D eigenvalue weighted by molar-refractivity contribution is -0.120. The Kier molecular flexibility index (Phi) is 6.83. The molecule has 1 aliphatic carbocycles. The number of carbonyl (C=O) groups excluding carboxylic acids is 2. The molecule has 3 aromatic rings. The van der Waals surface area contributed by atoms with Gasteiger partial charge in [0.05, 0.1) is 29.9 Å². The second-order valence-electron chi connectivity index (χ2n) is 7.55. The van der Waals surface area contributed by atoms with Gasteiger partial charge in [-0.1, -0.05) is 48.0 Å². The van der Waals surface area contributed by atoms with Crippen LogP contribution < -0.4 is 10.6 Å². The average Bonchev–Trinajstić information content (AvgIpc) is 3.19. The van der Waals surface area contributed by atoms with Gasteiger partial charge < -0.3 is 15.4 Å². The molecule has 7 heteroatoms. The zero-order valence-corrected chi connectivity index (χ0v) is 18.5. The molecule has 6 nitrogen and oxygen atoms in total. The molecule has 0 bridgehead atoms. The van der Waals surface area contributed by atoms with Crippen LogP contribution in [0.25, 0.3) is 22.6 Å². The number of nitrogens with one attached hydrogen (secondary N) is 2. The second-order valence-corrected chi connectivity index (χ2v) is 7.95. The zero-order chi connectivity index (χ0) is 22.5. The Morgan fingerprint density at radius 2 is 1.88 bits per heavy atom. The molecule has 1 aromatic heterocycles. The molecule has 0 atom stereocenters. The molecule has 0 saturated carbocycles. The van der Waals surface area contributed by atoms with Crippen molar-refractivity contribution in [3.05, 3.63) is 75.9 Å².